The van der Waals surface area contributed by atoms with Crippen molar-refractivity contribution in [2.75, 3.05) is 37.7 Å². The molecule has 4 rings (SSSR count). The summed E-state index contributed by atoms with van der Waals surface area (Å²) < 4.78 is 0. The van der Waals surface area contributed by atoms with E-state index >= 15 is 0 Å². The fourth-order valence-corrected chi connectivity index (χ4v) is 4.62. The van der Waals surface area contributed by atoms with Crippen LogP contribution >= 0.6 is 11.6 Å². The molecular formula is C20H24ClN3O2. The number of halogens is 1. The summed E-state index contributed by atoms with van der Waals surface area (Å²) in [6.45, 7) is 4.84. The number of hydrogen-bond donors (Lipinski definition) is 1. The van der Waals surface area contributed by atoms with Crippen LogP contribution in [0.2, 0.25) is 5.02 Å². The van der Waals surface area contributed by atoms with Crippen LogP contribution in [0.3, 0.4) is 0 Å². The second-order valence-electron chi connectivity index (χ2n) is 7.53. The summed E-state index contributed by atoms with van der Waals surface area (Å²) >= 11 is 6.14. The number of aromatic nitrogens is 1. The van der Waals surface area contributed by atoms with Gasteiger partial charge in [-0.15, -0.1) is 0 Å². The van der Waals surface area contributed by atoms with E-state index in [2.05, 4.69) is 17.9 Å². The molecule has 2 fully saturated rings. The molecule has 3 heterocycles. The molecule has 0 unspecified atom stereocenters. The number of anilines is 1. The lowest BCUT2D eigenvalue weighted by Gasteiger charge is -2.39. The number of benzene rings is 1. The first-order chi connectivity index (χ1) is 12.5. The van der Waals surface area contributed by atoms with Crippen molar-refractivity contribution in [2.45, 2.75) is 26.2 Å². The molecule has 1 amide bonds. The second kappa shape index (κ2) is 6.71. The van der Waals surface area contributed by atoms with Crippen molar-refractivity contribution in [2.24, 2.45) is 5.41 Å². The number of amides is 1. The zero-order chi connectivity index (χ0) is 18.3. The molecule has 5 nitrogen and oxygen atoms in total. The number of β-amino-alcohol motifs (C(OH)–C–C–N with tert-alkyl or cyclic N) is 1. The number of carbonyl (C=O) groups is 1. The molecule has 138 valence electrons. The van der Waals surface area contributed by atoms with Gasteiger partial charge in [-0.2, -0.15) is 0 Å². The van der Waals surface area contributed by atoms with E-state index < -0.39 is 0 Å². The summed E-state index contributed by atoms with van der Waals surface area (Å²) in [6.07, 6.45) is 2.77. The van der Waals surface area contributed by atoms with Gasteiger partial charge in [-0.05, 0) is 49.9 Å². The smallest absolute Gasteiger partial charge is 0.230 e. The second-order valence-corrected chi connectivity index (χ2v) is 7.97. The van der Waals surface area contributed by atoms with Gasteiger partial charge in [-0.25, -0.2) is 4.98 Å². The van der Waals surface area contributed by atoms with E-state index in [1.807, 2.05) is 23.1 Å². The number of rotatable bonds is 3. The molecule has 1 N–H and O–H groups in total. The molecule has 2 aliphatic heterocycles. The maximum Gasteiger partial charge on any atom is 0.230 e. The molecule has 2 aliphatic rings. The van der Waals surface area contributed by atoms with Crippen molar-refractivity contribution in [3.8, 4) is 0 Å². The van der Waals surface area contributed by atoms with Gasteiger partial charge in [0, 0.05) is 36.6 Å². The predicted octanol–water partition coefficient (Wildman–Crippen LogP) is 3.01. The number of likely N-dealkylation sites (tertiary alicyclic amines) is 1. The third kappa shape index (κ3) is 2.93. The number of hydrogen-bond acceptors (Lipinski definition) is 4. The Balaban J connectivity index is 1.62. The summed E-state index contributed by atoms with van der Waals surface area (Å²) in [6, 6.07) is 7.90. The van der Waals surface area contributed by atoms with Gasteiger partial charge in [-0.1, -0.05) is 17.7 Å². The minimum Gasteiger partial charge on any atom is -0.395 e. The van der Waals surface area contributed by atoms with Gasteiger partial charge < -0.3 is 14.9 Å². The Morgan fingerprint density at radius 3 is 2.92 bits per heavy atom. The first kappa shape index (κ1) is 17.6. The minimum atomic E-state index is -0.327. The van der Waals surface area contributed by atoms with E-state index in [-0.39, 0.29) is 17.9 Å². The van der Waals surface area contributed by atoms with E-state index in [9.17, 15) is 9.90 Å². The van der Waals surface area contributed by atoms with Crippen LogP contribution in [-0.4, -0.2) is 53.7 Å². The van der Waals surface area contributed by atoms with Gasteiger partial charge in [0.05, 0.1) is 17.5 Å². The van der Waals surface area contributed by atoms with Crippen LogP contribution in [0.1, 0.15) is 24.8 Å². The average Bonchev–Trinajstić information content (AvgIpc) is 3.04. The molecule has 1 spiro atoms. The highest BCUT2D eigenvalue weighted by Gasteiger charge is 2.48. The number of nitrogens with zero attached hydrogens (tertiary/aromatic N) is 3. The van der Waals surface area contributed by atoms with Crippen LogP contribution in [0.4, 0.5) is 5.82 Å². The van der Waals surface area contributed by atoms with Gasteiger partial charge in [0.15, 0.2) is 0 Å². The fourth-order valence-electron chi connectivity index (χ4n) is 4.45. The molecule has 6 heteroatoms. The van der Waals surface area contributed by atoms with Crippen molar-refractivity contribution in [1.29, 1.82) is 0 Å². The van der Waals surface area contributed by atoms with Crippen molar-refractivity contribution >= 4 is 34.2 Å². The number of piperidine rings is 1. The largest absolute Gasteiger partial charge is 0.395 e. The standard InChI is InChI=1S/C20H24ClN3O2/c1-14-11-18(22-17-12-15(21)3-4-16(14)17)24-8-6-20(13-24)5-2-7-23(9-10-25)19(20)26/h3-4,11-12,25H,2,5-10,13H2,1H3/t20-/m0/s1. The third-order valence-electron chi connectivity index (χ3n) is 5.84. The zero-order valence-corrected chi connectivity index (χ0v) is 15.8. The quantitative estimate of drug-likeness (QED) is 0.898. The molecule has 0 aliphatic carbocycles. The zero-order valence-electron chi connectivity index (χ0n) is 15.0. The highest BCUT2D eigenvalue weighted by molar-refractivity contribution is 6.31. The normalized spacial score (nSPS) is 23.4. The Bertz CT molecular complexity index is 854. The maximum atomic E-state index is 13.0. The van der Waals surface area contributed by atoms with Crippen LogP contribution in [0.25, 0.3) is 10.9 Å². The number of aryl methyl sites for hydroxylation is 1. The van der Waals surface area contributed by atoms with E-state index in [1.54, 1.807) is 0 Å². The molecule has 0 radical (unpaired) electrons. The molecular weight excluding hydrogens is 350 g/mol. The third-order valence-corrected chi connectivity index (χ3v) is 6.07. The average molecular weight is 374 g/mol. The van der Waals surface area contributed by atoms with Crippen molar-refractivity contribution in [1.82, 2.24) is 9.88 Å². The molecule has 2 saturated heterocycles. The number of carbonyl (C=O) groups excluding carboxylic acids is 1. The monoisotopic (exact) mass is 373 g/mol. The van der Waals surface area contributed by atoms with Crippen LogP contribution in [0.5, 0.6) is 0 Å². The molecule has 0 saturated carbocycles. The van der Waals surface area contributed by atoms with Gasteiger partial charge in [0.1, 0.15) is 5.82 Å². The van der Waals surface area contributed by atoms with Crippen molar-refractivity contribution in [3.63, 3.8) is 0 Å². The molecule has 1 aromatic carbocycles. The van der Waals surface area contributed by atoms with Gasteiger partial charge in [0.25, 0.3) is 0 Å². The van der Waals surface area contributed by atoms with E-state index in [1.165, 1.54) is 5.56 Å². The van der Waals surface area contributed by atoms with Gasteiger partial charge in [-0.3, -0.25) is 4.79 Å². The number of aliphatic hydroxyl groups is 1. The Morgan fingerprint density at radius 2 is 2.12 bits per heavy atom. The fraction of sp³-hybridized carbons (Fsp3) is 0.500. The minimum absolute atomic E-state index is 0.0255. The maximum absolute atomic E-state index is 13.0. The van der Waals surface area contributed by atoms with E-state index in [0.29, 0.717) is 18.1 Å². The Labute approximate surface area is 158 Å². The predicted molar refractivity (Wildman–Crippen MR) is 104 cm³/mol. The molecule has 26 heavy (non-hydrogen) atoms. The topological polar surface area (TPSA) is 56.7 Å². The van der Waals surface area contributed by atoms with Gasteiger partial charge in [0.2, 0.25) is 5.91 Å². The van der Waals surface area contributed by atoms with Crippen LogP contribution < -0.4 is 4.90 Å². The highest BCUT2D eigenvalue weighted by atomic mass is 35.5. The Kier molecular flexibility index (Phi) is 4.53. The van der Waals surface area contributed by atoms with Gasteiger partial charge >= 0.3 is 0 Å². The van der Waals surface area contributed by atoms with Crippen LogP contribution in [-0.2, 0) is 4.79 Å². The summed E-state index contributed by atoms with van der Waals surface area (Å²) in [5, 5.41) is 11.0. The van der Waals surface area contributed by atoms with Crippen molar-refractivity contribution < 1.29 is 9.90 Å². The van der Waals surface area contributed by atoms with Crippen LogP contribution in [0, 0.1) is 12.3 Å². The Morgan fingerprint density at radius 1 is 1.27 bits per heavy atom. The molecule has 0 bridgehead atoms. The lowest BCUT2D eigenvalue weighted by Crippen LogP contribution is -2.50. The summed E-state index contributed by atoms with van der Waals surface area (Å²) in [5.41, 5.74) is 1.73. The first-order valence-electron chi connectivity index (χ1n) is 9.24. The number of fused-ring (bicyclic) bond motifs is 1. The van der Waals surface area contributed by atoms with E-state index in [0.717, 1.165) is 49.1 Å². The van der Waals surface area contributed by atoms with Crippen molar-refractivity contribution in [3.05, 3.63) is 34.9 Å². The highest BCUT2D eigenvalue weighted by Crippen LogP contribution is 2.41. The number of pyridine rings is 1. The number of aliphatic hydroxyl groups excluding tert-OH is 1. The Hall–Kier alpha value is -1.85. The van der Waals surface area contributed by atoms with E-state index in [4.69, 9.17) is 16.6 Å². The summed E-state index contributed by atoms with van der Waals surface area (Å²) in [5.74, 6) is 1.11. The van der Waals surface area contributed by atoms with Crippen LogP contribution in [0.15, 0.2) is 24.3 Å². The molecule has 1 atom stereocenters. The molecule has 1 aromatic heterocycles. The lowest BCUT2D eigenvalue weighted by molar-refractivity contribution is -0.145. The summed E-state index contributed by atoms with van der Waals surface area (Å²) in [7, 11) is 0. The SMILES string of the molecule is Cc1cc(N2CC[C@@]3(CCCN(CCO)C3=O)C2)nc2cc(Cl)ccc12. The summed E-state index contributed by atoms with van der Waals surface area (Å²) in [4.78, 5) is 21.9. The first-order valence-corrected chi connectivity index (χ1v) is 9.62. The lowest BCUT2D eigenvalue weighted by atomic mass is 9.78. The molecule has 2 aromatic rings.